The van der Waals surface area contributed by atoms with Crippen molar-refractivity contribution in [1.29, 1.82) is 0 Å². The molecule has 4 heterocycles. The molecule has 7 N–H and O–H groups in total. The van der Waals surface area contributed by atoms with Crippen LogP contribution in [0, 0.1) is 0 Å². The van der Waals surface area contributed by atoms with Crippen molar-refractivity contribution in [2.24, 2.45) is 0 Å². The van der Waals surface area contributed by atoms with Gasteiger partial charge in [0.15, 0.2) is 5.82 Å². The Kier molecular flexibility index (Phi) is 6.90. The average molecular weight is 572 g/mol. The Morgan fingerprint density at radius 3 is 2.53 bits per heavy atom. The predicted molar refractivity (Wildman–Crippen MR) is 115 cm³/mol. The van der Waals surface area contributed by atoms with Crippen molar-refractivity contribution in [3.05, 3.63) is 29.7 Å². The minimum atomic E-state index is -5.74. The summed E-state index contributed by atoms with van der Waals surface area (Å²) in [4.78, 5) is 51.9. The van der Waals surface area contributed by atoms with E-state index in [0.717, 1.165) is 6.33 Å². The van der Waals surface area contributed by atoms with E-state index in [0.29, 0.717) is 11.1 Å². The molecule has 18 nitrogen and oxygen atoms in total. The van der Waals surface area contributed by atoms with Gasteiger partial charge in [0.2, 0.25) is 5.91 Å². The first-order valence-corrected chi connectivity index (χ1v) is 14.2. The number of rotatable bonds is 8. The van der Waals surface area contributed by atoms with Gasteiger partial charge in [0.25, 0.3) is 0 Å². The lowest BCUT2D eigenvalue weighted by atomic mass is 9.91. The van der Waals surface area contributed by atoms with Gasteiger partial charge in [0.1, 0.15) is 35.8 Å². The standard InChI is InChI=1S/C15H19N4O14P3/c1-15(22)12(21)9(5-30-35(26,27)33-36(28,29)32-34(23,24)25)31-13(15)8-4-7-2-3-10(20)18-14-11(7)19(8)17-6-16-14/h2-4,6,9,12-13,21-22H,5H2,1H3,(H,26,27)(H,28,29)(H2,23,24,25)(H,16,17,18,20)/t9-,12-,13+,15-/m1/s1. The quantitative estimate of drug-likeness (QED) is 0.198. The Hall–Kier alpha value is -1.88. The van der Waals surface area contributed by atoms with E-state index in [2.05, 4.69) is 28.5 Å². The van der Waals surface area contributed by atoms with E-state index in [1.165, 1.54) is 29.7 Å². The van der Waals surface area contributed by atoms with E-state index in [1.807, 2.05) is 0 Å². The maximum atomic E-state index is 12.0. The molecule has 0 bridgehead atoms. The monoisotopic (exact) mass is 572 g/mol. The molecular formula is C15H19N4O14P3. The average Bonchev–Trinajstić information content (AvgIpc) is 3.11. The molecule has 4 rings (SSSR count). The minimum absolute atomic E-state index is 0.170. The molecule has 1 fully saturated rings. The molecule has 0 radical (unpaired) electrons. The molecule has 21 heteroatoms. The van der Waals surface area contributed by atoms with Crippen molar-refractivity contribution in [3.63, 3.8) is 0 Å². The molecular weight excluding hydrogens is 553 g/mol. The van der Waals surface area contributed by atoms with Crippen molar-refractivity contribution in [2.75, 3.05) is 11.9 Å². The number of carbonyl (C=O) groups excluding carboxylic acids is 1. The van der Waals surface area contributed by atoms with Crippen molar-refractivity contribution in [3.8, 4) is 0 Å². The highest BCUT2D eigenvalue weighted by Crippen LogP contribution is 2.66. The lowest BCUT2D eigenvalue weighted by Gasteiger charge is -2.26. The van der Waals surface area contributed by atoms with Crippen LogP contribution in [0.1, 0.15) is 24.3 Å². The van der Waals surface area contributed by atoms with Gasteiger partial charge < -0.3 is 39.8 Å². The molecule has 2 aromatic heterocycles. The Balaban J connectivity index is 1.56. The van der Waals surface area contributed by atoms with Gasteiger partial charge in [-0.05, 0) is 19.1 Å². The van der Waals surface area contributed by atoms with E-state index >= 15 is 0 Å². The molecule has 2 aromatic rings. The number of phosphoric ester groups is 1. The van der Waals surface area contributed by atoms with Crippen LogP contribution in [0.3, 0.4) is 0 Å². The number of amides is 1. The Bertz CT molecular complexity index is 1380. The fraction of sp³-hybridized carbons (Fsp3) is 0.400. The summed E-state index contributed by atoms with van der Waals surface area (Å²) >= 11 is 0. The SMILES string of the molecule is C[C@@]1(O)[C@H](O)[C@@H](COP(=O)(O)OP(=O)(O)OP(=O)(O)O)O[C@H]1c1cc2c3c(ncnn13)NC(=O)C=C2. The highest BCUT2D eigenvalue weighted by molar-refractivity contribution is 7.66. The lowest BCUT2D eigenvalue weighted by molar-refractivity contribution is -0.111. The molecule has 0 aromatic carbocycles. The number of hydrogen-bond acceptors (Lipinski definition) is 12. The number of phosphoric acid groups is 3. The summed E-state index contributed by atoms with van der Waals surface area (Å²) in [7, 11) is -16.8. The van der Waals surface area contributed by atoms with Crippen LogP contribution in [0.5, 0.6) is 0 Å². The third-order valence-electron chi connectivity index (χ3n) is 5.15. The minimum Gasteiger partial charge on any atom is -0.387 e. The van der Waals surface area contributed by atoms with Crippen LogP contribution in [-0.4, -0.2) is 74.7 Å². The van der Waals surface area contributed by atoms with E-state index in [1.54, 1.807) is 0 Å². The van der Waals surface area contributed by atoms with Gasteiger partial charge in [-0.15, -0.1) is 0 Å². The number of aromatic nitrogens is 3. The van der Waals surface area contributed by atoms with Gasteiger partial charge in [-0.1, -0.05) is 0 Å². The topological polar surface area (TPSA) is 269 Å². The predicted octanol–water partition coefficient (Wildman–Crippen LogP) is -0.410. The van der Waals surface area contributed by atoms with Crippen molar-refractivity contribution in [2.45, 2.75) is 30.8 Å². The fourth-order valence-corrected chi connectivity index (χ4v) is 6.75. The first-order chi connectivity index (χ1) is 16.5. The maximum absolute atomic E-state index is 12.0. The molecule has 2 aliphatic heterocycles. The van der Waals surface area contributed by atoms with E-state index < -0.39 is 59.9 Å². The summed E-state index contributed by atoms with van der Waals surface area (Å²) in [5.41, 5.74) is -0.989. The molecule has 0 aliphatic carbocycles. The first-order valence-electron chi connectivity index (χ1n) is 9.69. The number of nitrogens with zero attached hydrogens (tertiary/aromatic N) is 3. The van der Waals surface area contributed by atoms with Gasteiger partial charge in [0.05, 0.1) is 12.3 Å². The Morgan fingerprint density at radius 2 is 1.86 bits per heavy atom. The van der Waals surface area contributed by atoms with Crippen molar-refractivity contribution in [1.82, 2.24) is 14.6 Å². The summed E-state index contributed by atoms with van der Waals surface area (Å²) in [6, 6.07) is 1.51. The number of hydrogen-bond donors (Lipinski definition) is 7. The molecule has 198 valence electrons. The van der Waals surface area contributed by atoms with Gasteiger partial charge in [-0.25, -0.2) is 23.2 Å². The summed E-state index contributed by atoms with van der Waals surface area (Å²) in [5.74, 6) is -0.261. The van der Waals surface area contributed by atoms with Crippen LogP contribution in [0.25, 0.3) is 11.6 Å². The number of aliphatic hydroxyl groups is 2. The molecule has 1 amide bonds. The molecule has 6 atom stereocenters. The van der Waals surface area contributed by atoms with Crippen LogP contribution in [-0.2, 0) is 36.4 Å². The van der Waals surface area contributed by atoms with Crippen LogP contribution >= 0.6 is 23.5 Å². The highest BCUT2D eigenvalue weighted by Gasteiger charge is 2.54. The van der Waals surface area contributed by atoms with E-state index in [4.69, 9.17) is 14.5 Å². The number of anilines is 1. The largest absolute Gasteiger partial charge is 0.490 e. The zero-order valence-corrected chi connectivity index (χ0v) is 20.6. The van der Waals surface area contributed by atoms with Crippen LogP contribution in [0.2, 0.25) is 0 Å². The summed E-state index contributed by atoms with van der Waals surface area (Å²) in [5, 5.41) is 28.2. The zero-order valence-electron chi connectivity index (χ0n) is 17.9. The van der Waals surface area contributed by atoms with Crippen molar-refractivity contribution < 1.29 is 66.2 Å². The summed E-state index contributed by atoms with van der Waals surface area (Å²) < 4.78 is 52.9. The molecule has 2 unspecified atom stereocenters. The number of carbonyl (C=O) groups is 1. The molecule has 0 spiro atoms. The van der Waals surface area contributed by atoms with Gasteiger partial charge in [-0.3, -0.25) is 9.32 Å². The third kappa shape index (κ3) is 5.51. The maximum Gasteiger partial charge on any atom is 0.490 e. The van der Waals surface area contributed by atoms with E-state index in [-0.39, 0.29) is 11.5 Å². The second-order valence-corrected chi connectivity index (χ2v) is 12.2. The molecule has 1 saturated heterocycles. The van der Waals surface area contributed by atoms with Crippen LogP contribution in [0.15, 0.2) is 18.5 Å². The number of ether oxygens (including phenoxy) is 1. The molecule has 0 saturated carbocycles. The molecule has 2 aliphatic rings. The number of nitrogens with one attached hydrogen (secondary N) is 1. The molecule has 36 heavy (non-hydrogen) atoms. The summed E-state index contributed by atoms with van der Waals surface area (Å²) in [6.07, 6.45) is -0.708. The Morgan fingerprint density at radius 1 is 1.17 bits per heavy atom. The second kappa shape index (κ2) is 9.15. The van der Waals surface area contributed by atoms with Gasteiger partial charge in [-0.2, -0.15) is 13.7 Å². The third-order valence-corrected chi connectivity index (χ3v) is 8.95. The van der Waals surface area contributed by atoms with Gasteiger partial charge >= 0.3 is 23.5 Å². The normalized spacial score (nSPS) is 29.5. The second-order valence-electron chi connectivity index (χ2n) is 7.83. The smallest absolute Gasteiger partial charge is 0.387 e. The first kappa shape index (κ1) is 27.2. The Labute approximate surface area is 200 Å². The van der Waals surface area contributed by atoms with Crippen molar-refractivity contribution >= 4 is 46.8 Å². The highest BCUT2D eigenvalue weighted by atomic mass is 31.3. The van der Waals surface area contributed by atoms with E-state index in [9.17, 15) is 38.5 Å². The fourth-order valence-electron chi connectivity index (χ4n) is 3.72. The zero-order chi connectivity index (χ0) is 26.7. The van der Waals surface area contributed by atoms with Crippen LogP contribution in [0.4, 0.5) is 5.82 Å². The van der Waals surface area contributed by atoms with Crippen LogP contribution < -0.4 is 5.32 Å². The summed E-state index contributed by atoms with van der Waals surface area (Å²) in [6.45, 7) is 0.224. The van der Waals surface area contributed by atoms with Gasteiger partial charge in [0, 0.05) is 11.6 Å². The number of aliphatic hydroxyl groups excluding tert-OH is 1. The lowest BCUT2D eigenvalue weighted by Crippen LogP contribution is -2.43.